The maximum absolute atomic E-state index is 12.4. The zero-order valence-electron chi connectivity index (χ0n) is 12.9. The van der Waals surface area contributed by atoms with Gasteiger partial charge >= 0.3 is 0 Å². The Balaban J connectivity index is 2.07. The Hall–Kier alpha value is -2.86. The Bertz CT molecular complexity index is 646. The van der Waals surface area contributed by atoms with Crippen molar-refractivity contribution in [1.82, 2.24) is 10.6 Å². The molecule has 23 heavy (non-hydrogen) atoms. The second-order valence-corrected chi connectivity index (χ2v) is 5.05. The molecular formula is C17H20N4O2. The number of carbonyl (C=O) groups is 2. The van der Waals surface area contributed by atoms with Crippen molar-refractivity contribution >= 4 is 17.5 Å². The maximum Gasteiger partial charge on any atom is 0.265 e. The molecule has 0 aliphatic carbocycles. The number of rotatable bonds is 6. The van der Waals surface area contributed by atoms with Gasteiger partial charge in [-0.15, -0.1) is 0 Å². The maximum atomic E-state index is 12.4. The summed E-state index contributed by atoms with van der Waals surface area (Å²) in [5, 5.41) is 6.58. The molecule has 0 saturated heterocycles. The molecule has 6 heteroatoms. The Morgan fingerprint density at radius 3 is 2.17 bits per heavy atom. The molecule has 120 valence electrons. The van der Waals surface area contributed by atoms with E-state index in [0.29, 0.717) is 12.2 Å². The van der Waals surface area contributed by atoms with Crippen molar-refractivity contribution in [1.29, 1.82) is 0 Å². The lowest BCUT2D eigenvalue weighted by atomic mass is 10.2. The summed E-state index contributed by atoms with van der Waals surface area (Å²) in [6, 6.07) is 18.5. The second kappa shape index (κ2) is 7.95. The fourth-order valence-corrected chi connectivity index (χ4v) is 2.08. The summed E-state index contributed by atoms with van der Waals surface area (Å²) in [4.78, 5) is 23.8. The van der Waals surface area contributed by atoms with Crippen LogP contribution in [-0.2, 0) is 16.1 Å². The van der Waals surface area contributed by atoms with E-state index in [1.54, 1.807) is 12.1 Å². The number of nitrogens with zero attached hydrogens (tertiary/aromatic N) is 1. The van der Waals surface area contributed by atoms with E-state index in [1.807, 2.05) is 48.5 Å². The molecule has 0 radical (unpaired) electrons. The Labute approximate surface area is 135 Å². The van der Waals surface area contributed by atoms with Crippen LogP contribution in [0.4, 0.5) is 5.69 Å². The lowest BCUT2D eigenvalue weighted by Gasteiger charge is -2.28. The zero-order chi connectivity index (χ0) is 16.7. The van der Waals surface area contributed by atoms with Gasteiger partial charge in [0.05, 0.1) is 5.69 Å². The van der Waals surface area contributed by atoms with Crippen molar-refractivity contribution in [3.8, 4) is 0 Å². The van der Waals surface area contributed by atoms with Crippen LogP contribution in [0, 0.1) is 0 Å². The summed E-state index contributed by atoms with van der Waals surface area (Å²) < 4.78 is 0. The number of nitrogens with one attached hydrogen (secondary N) is 2. The summed E-state index contributed by atoms with van der Waals surface area (Å²) in [6.45, 7) is 1.70. The van der Waals surface area contributed by atoms with Gasteiger partial charge < -0.3 is 10.6 Å². The molecule has 0 aliphatic heterocycles. The van der Waals surface area contributed by atoms with E-state index < -0.39 is 6.17 Å². The number of amides is 2. The molecule has 0 spiro atoms. The Kier molecular flexibility index (Phi) is 5.71. The van der Waals surface area contributed by atoms with Crippen LogP contribution >= 0.6 is 0 Å². The first-order valence-corrected chi connectivity index (χ1v) is 7.25. The van der Waals surface area contributed by atoms with E-state index in [9.17, 15) is 9.59 Å². The minimum Gasteiger partial charge on any atom is -0.349 e. The summed E-state index contributed by atoms with van der Waals surface area (Å²) in [5.74, 6) is 5.30. The normalized spacial score (nSPS) is 11.4. The number of nitrogens with two attached hydrogens (primary N) is 1. The zero-order valence-corrected chi connectivity index (χ0v) is 12.9. The number of hydrazine groups is 1. The molecule has 2 rings (SSSR count). The molecule has 2 aromatic rings. The fraction of sp³-hybridized carbons (Fsp3) is 0.176. The molecule has 2 aromatic carbocycles. The lowest BCUT2D eigenvalue weighted by molar-refractivity contribution is -0.128. The van der Waals surface area contributed by atoms with E-state index in [-0.39, 0.29) is 11.8 Å². The summed E-state index contributed by atoms with van der Waals surface area (Å²) in [5.41, 5.74) is 1.59. The van der Waals surface area contributed by atoms with Gasteiger partial charge in [-0.2, -0.15) is 0 Å². The van der Waals surface area contributed by atoms with E-state index >= 15 is 0 Å². The van der Waals surface area contributed by atoms with Crippen molar-refractivity contribution in [2.45, 2.75) is 19.6 Å². The number of para-hydroxylation sites is 1. The average Bonchev–Trinajstić information content (AvgIpc) is 2.58. The number of carbonyl (C=O) groups excluding carboxylic acids is 2. The molecule has 0 aliphatic rings. The SMILES string of the molecule is CC(=O)N[C@H](C(=O)NCc1ccccc1)N(N)c1ccccc1. The van der Waals surface area contributed by atoms with E-state index in [4.69, 9.17) is 5.84 Å². The van der Waals surface area contributed by atoms with Gasteiger partial charge in [-0.25, -0.2) is 5.84 Å². The van der Waals surface area contributed by atoms with Crippen LogP contribution in [0.15, 0.2) is 60.7 Å². The lowest BCUT2D eigenvalue weighted by Crippen LogP contribution is -2.59. The molecule has 0 bridgehead atoms. The molecule has 0 fully saturated rings. The topological polar surface area (TPSA) is 87.5 Å². The van der Waals surface area contributed by atoms with Crippen LogP contribution in [0.25, 0.3) is 0 Å². The van der Waals surface area contributed by atoms with Gasteiger partial charge in [-0.3, -0.25) is 14.6 Å². The van der Waals surface area contributed by atoms with Gasteiger partial charge in [-0.1, -0.05) is 48.5 Å². The first-order chi connectivity index (χ1) is 11.1. The molecule has 0 saturated carbocycles. The highest BCUT2D eigenvalue weighted by atomic mass is 16.2. The molecule has 6 nitrogen and oxygen atoms in total. The van der Waals surface area contributed by atoms with E-state index in [0.717, 1.165) is 5.56 Å². The third-order valence-corrected chi connectivity index (χ3v) is 3.23. The minimum absolute atomic E-state index is 0.337. The number of benzene rings is 2. The summed E-state index contributed by atoms with van der Waals surface area (Å²) >= 11 is 0. The van der Waals surface area contributed by atoms with E-state index in [2.05, 4.69) is 10.6 Å². The van der Waals surface area contributed by atoms with Crippen molar-refractivity contribution in [3.63, 3.8) is 0 Å². The van der Waals surface area contributed by atoms with Gasteiger partial charge in [0.15, 0.2) is 6.17 Å². The number of hydrogen-bond donors (Lipinski definition) is 3. The first kappa shape index (κ1) is 16.5. The molecule has 0 unspecified atom stereocenters. The molecular weight excluding hydrogens is 292 g/mol. The quantitative estimate of drug-likeness (QED) is 0.424. The van der Waals surface area contributed by atoms with E-state index in [1.165, 1.54) is 11.9 Å². The highest BCUT2D eigenvalue weighted by Gasteiger charge is 2.24. The summed E-state index contributed by atoms with van der Waals surface area (Å²) in [7, 11) is 0. The molecule has 2 amide bonds. The molecule has 4 N–H and O–H groups in total. The minimum atomic E-state index is -0.987. The van der Waals surface area contributed by atoms with Gasteiger partial charge in [0.25, 0.3) is 5.91 Å². The molecule has 0 heterocycles. The van der Waals surface area contributed by atoms with Crippen molar-refractivity contribution in [2.75, 3.05) is 5.01 Å². The third-order valence-electron chi connectivity index (χ3n) is 3.23. The third kappa shape index (κ3) is 4.82. The molecule has 0 aromatic heterocycles. The van der Waals surface area contributed by atoms with Crippen LogP contribution in [0.5, 0.6) is 0 Å². The van der Waals surface area contributed by atoms with Crippen LogP contribution < -0.4 is 21.5 Å². The van der Waals surface area contributed by atoms with Gasteiger partial charge in [0.1, 0.15) is 0 Å². The van der Waals surface area contributed by atoms with Crippen molar-refractivity contribution < 1.29 is 9.59 Å². The highest BCUT2D eigenvalue weighted by Crippen LogP contribution is 2.11. The fourth-order valence-electron chi connectivity index (χ4n) is 2.08. The standard InChI is InChI=1S/C17H20N4O2/c1-13(22)20-16(21(18)15-10-6-3-7-11-15)17(23)19-12-14-8-4-2-5-9-14/h2-11,16H,12,18H2,1H3,(H,19,23)(H,20,22)/t16-/m0/s1. The van der Waals surface area contributed by atoms with Crippen LogP contribution in [0.3, 0.4) is 0 Å². The monoisotopic (exact) mass is 312 g/mol. The first-order valence-electron chi connectivity index (χ1n) is 7.25. The Morgan fingerprint density at radius 1 is 1.04 bits per heavy atom. The largest absolute Gasteiger partial charge is 0.349 e. The smallest absolute Gasteiger partial charge is 0.265 e. The van der Waals surface area contributed by atoms with Crippen LogP contribution in [0.2, 0.25) is 0 Å². The highest BCUT2D eigenvalue weighted by molar-refractivity contribution is 5.89. The summed E-state index contributed by atoms with van der Waals surface area (Å²) in [6.07, 6.45) is -0.987. The predicted molar refractivity (Wildman–Crippen MR) is 89.0 cm³/mol. The van der Waals surface area contributed by atoms with Crippen LogP contribution in [-0.4, -0.2) is 18.0 Å². The number of anilines is 1. The number of hydrogen-bond acceptors (Lipinski definition) is 4. The Morgan fingerprint density at radius 2 is 1.61 bits per heavy atom. The predicted octanol–water partition coefficient (Wildman–Crippen LogP) is 1.15. The second-order valence-electron chi connectivity index (χ2n) is 5.05. The molecule has 1 atom stereocenters. The van der Waals surface area contributed by atoms with Gasteiger partial charge in [0.2, 0.25) is 5.91 Å². The average molecular weight is 312 g/mol. The van der Waals surface area contributed by atoms with Gasteiger partial charge in [0, 0.05) is 13.5 Å². The van der Waals surface area contributed by atoms with Gasteiger partial charge in [-0.05, 0) is 17.7 Å². The van der Waals surface area contributed by atoms with Crippen molar-refractivity contribution in [2.24, 2.45) is 5.84 Å². The van der Waals surface area contributed by atoms with Crippen molar-refractivity contribution in [3.05, 3.63) is 66.2 Å². The van der Waals surface area contributed by atoms with Crippen LogP contribution in [0.1, 0.15) is 12.5 Å².